The first-order valence-electron chi connectivity index (χ1n) is 18.1. The molecule has 4 atom stereocenters. The molecular formula is C39H49N5O3. The summed E-state index contributed by atoms with van der Waals surface area (Å²) in [5, 5.41) is 19.7. The van der Waals surface area contributed by atoms with Crippen LogP contribution in [0, 0.1) is 29.1 Å². The zero-order valence-corrected chi connectivity index (χ0v) is 27.3. The van der Waals surface area contributed by atoms with Gasteiger partial charge in [0.15, 0.2) is 0 Å². The normalized spacial score (nSPS) is 36.6. The summed E-state index contributed by atoms with van der Waals surface area (Å²) in [7, 11) is 0. The summed E-state index contributed by atoms with van der Waals surface area (Å²) >= 11 is 0. The van der Waals surface area contributed by atoms with Gasteiger partial charge in [-0.05, 0) is 141 Å². The fraction of sp³-hybridized carbons (Fsp3) is 0.564. The monoisotopic (exact) mass is 635 g/mol. The van der Waals surface area contributed by atoms with Gasteiger partial charge in [-0.25, -0.2) is 0 Å². The maximum absolute atomic E-state index is 11.3. The van der Waals surface area contributed by atoms with Gasteiger partial charge in [-0.15, -0.1) is 0 Å². The Morgan fingerprint density at radius 1 is 0.894 bits per heavy atom. The van der Waals surface area contributed by atoms with E-state index in [4.69, 9.17) is 5.73 Å². The molecule has 248 valence electrons. The predicted molar refractivity (Wildman–Crippen MR) is 182 cm³/mol. The molecule has 9 rings (SSSR count). The number of nitrogens with one attached hydrogen (secondary N) is 2. The lowest BCUT2D eigenvalue weighted by atomic mass is 9.49. The number of carbonyl (C=O) groups is 1. The van der Waals surface area contributed by atoms with E-state index in [9.17, 15) is 15.0 Å². The average Bonchev–Trinajstić information content (AvgIpc) is 3.39. The number of fused-ring (bicyclic) bond motifs is 1. The van der Waals surface area contributed by atoms with Gasteiger partial charge in [-0.2, -0.15) is 0 Å². The number of piperidine rings is 1. The molecule has 8 heteroatoms. The van der Waals surface area contributed by atoms with Crippen LogP contribution in [0.3, 0.4) is 0 Å². The molecule has 2 saturated heterocycles. The number of carboxylic acid groups (broad SMARTS) is 1. The topological polar surface area (TPSA) is 114 Å². The number of para-hydroxylation sites is 1. The van der Waals surface area contributed by atoms with E-state index >= 15 is 0 Å². The Morgan fingerprint density at radius 2 is 1.66 bits per heavy atom. The first-order valence-corrected chi connectivity index (χ1v) is 18.1. The molecule has 8 nitrogen and oxygen atoms in total. The van der Waals surface area contributed by atoms with E-state index in [1.54, 1.807) is 11.6 Å². The summed E-state index contributed by atoms with van der Waals surface area (Å²) in [4.78, 5) is 16.5. The summed E-state index contributed by atoms with van der Waals surface area (Å²) in [5.41, 5.74) is 19.3. The molecule has 7 aliphatic rings. The lowest BCUT2D eigenvalue weighted by Gasteiger charge is -2.59. The van der Waals surface area contributed by atoms with E-state index in [2.05, 4.69) is 51.0 Å². The van der Waals surface area contributed by atoms with Crippen LogP contribution in [0.1, 0.15) is 86.8 Å². The van der Waals surface area contributed by atoms with Crippen LogP contribution in [-0.2, 0) is 10.2 Å². The Balaban J connectivity index is 0.833. The molecule has 4 unspecified atom stereocenters. The van der Waals surface area contributed by atoms with Crippen molar-refractivity contribution < 1.29 is 15.0 Å². The largest absolute Gasteiger partial charge is 0.507 e. The van der Waals surface area contributed by atoms with E-state index in [0.717, 1.165) is 54.7 Å². The number of likely N-dealkylation sites (tertiary alicyclic amines) is 2. The van der Waals surface area contributed by atoms with Crippen molar-refractivity contribution in [2.24, 2.45) is 34.8 Å². The van der Waals surface area contributed by atoms with Crippen LogP contribution in [0.4, 0.5) is 0 Å². The van der Waals surface area contributed by atoms with Gasteiger partial charge in [0.1, 0.15) is 11.6 Å². The zero-order chi connectivity index (χ0) is 31.9. The minimum absolute atomic E-state index is 0.0839. The maximum atomic E-state index is 11.3. The number of phenolic OH excluding ortho intramolecular Hbond substituents is 1. The van der Waals surface area contributed by atoms with Crippen LogP contribution in [0.2, 0.25) is 0 Å². The summed E-state index contributed by atoms with van der Waals surface area (Å²) in [6.07, 6.45) is 13.9. The molecule has 0 radical (unpaired) electrons. The van der Waals surface area contributed by atoms with E-state index in [1.165, 1.54) is 70.0 Å². The number of aromatic hydroxyl groups is 1. The number of nitrogens with zero attached hydrogens (tertiary/aromatic N) is 2. The van der Waals surface area contributed by atoms with Crippen molar-refractivity contribution in [3.05, 3.63) is 82.8 Å². The van der Waals surface area contributed by atoms with Crippen molar-refractivity contribution >= 4 is 11.7 Å². The predicted octanol–water partition coefficient (Wildman–Crippen LogP) is 5.48. The third kappa shape index (κ3) is 4.84. The molecule has 1 spiro atoms. The summed E-state index contributed by atoms with van der Waals surface area (Å²) in [6.45, 7) is 4.39. The van der Waals surface area contributed by atoms with Gasteiger partial charge in [0, 0.05) is 24.7 Å². The molecule has 0 aromatic heterocycles. The molecule has 2 aromatic rings. The molecule has 4 aliphatic carbocycles. The molecule has 3 heterocycles. The van der Waals surface area contributed by atoms with Crippen molar-refractivity contribution in [1.82, 2.24) is 20.7 Å². The van der Waals surface area contributed by atoms with Crippen LogP contribution in [0.5, 0.6) is 5.75 Å². The van der Waals surface area contributed by atoms with Gasteiger partial charge in [0.25, 0.3) is 0 Å². The van der Waals surface area contributed by atoms with Crippen LogP contribution in [0.15, 0.2) is 66.1 Å². The number of hydrazine groups is 1. The van der Waals surface area contributed by atoms with Gasteiger partial charge in [-0.3, -0.25) is 15.6 Å². The number of phenols is 1. The number of aliphatic carboxylic acids is 1. The van der Waals surface area contributed by atoms with Crippen molar-refractivity contribution in [3.8, 4) is 5.75 Å². The first kappa shape index (κ1) is 29.5. The van der Waals surface area contributed by atoms with E-state index < -0.39 is 5.97 Å². The third-order valence-corrected chi connectivity index (χ3v) is 13.9. The second-order valence-electron chi connectivity index (χ2n) is 16.3. The van der Waals surface area contributed by atoms with Crippen molar-refractivity contribution in [3.63, 3.8) is 0 Å². The Labute approximate surface area is 278 Å². The molecule has 6 N–H and O–H groups in total. The van der Waals surface area contributed by atoms with Gasteiger partial charge < -0.3 is 25.7 Å². The van der Waals surface area contributed by atoms with Gasteiger partial charge in [0.05, 0.1) is 17.3 Å². The van der Waals surface area contributed by atoms with Crippen molar-refractivity contribution in [2.45, 2.75) is 81.6 Å². The minimum Gasteiger partial charge on any atom is -0.507 e. The molecule has 4 saturated carbocycles. The fourth-order valence-electron chi connectivity index (χ4n) is 11.4. The smallest absolute Gasteiger partial charge is 0.306 e. The molecular weight excluding hydrogens is 586 g/mol. The highest BCUT2D eigenvalue weighted by molar-refractivity contribution is 5.72. The van der Waals surface area contributed by atoms with Crippen molar-refractivity contribution in [1.29, 1.82) is 0 Å². The molecule has 6 fully saturated rings. The Kier molecular flexibility index (Phi) is 6.86. The number of hydrogen-bond acceptors (Lipinski definition) is 7. The van der Waals surface area contributed by atoms with E-state index in [-0.39, 0.29) is 11.7 Å². The van der Waals surface area contributed by atoms with Crippen LogP contribution >= 0.6 is 0 Å². The quantitative estimate of drug-likeness (QED) is 0.284. The fourth-order valence-corrected chi connectivity index (χ4v) is 11.4. The van der Waals surface area contributed by atoms with Gasteiger partial charge in [-0.1, -0.05) is 36.4 Å². The number of benzene rings is 2. The minimum atomic E-state index is -0.594. The Bertz CT molecular complexity index is 1610. The summed E-state index contributed by atoms with van der Waals surface area (Å²) in [6, 6.07) is 18.0. The third-order valence-electron chi connectivity index (χ3n) is 13.9. The van der Waals surface area contributed by atoms with E-state index in [0.29, 0.717) is 34.5 Å². The zero-order valence-electron chi connectivity index (χ0n) is 27.3. The SMILES string of the molecule is NC1=C(N2CCC3CC4C(C2)CC4(c2ccc(C4CCN([C@H]5CC6(C[C@H](C(=O)O)C6)C5)CC4)cc2)C3)C=C(c2ccccc2O)NN1. The molecule has 3 aliphatic heterocycles. The first-order chi connectivity index (χ1) is 22.8. The number of hydrogen-bond donors (Lipinski definition) is 5. The second-order valence-corrected chi connectivity index (χ2v) is 16.3. The molecule has 2 bridgehead atoms. The van der Waals surface area contributed by atoms with Crippen LogP contribution < -0.4 is 16.6 Å². The molecule has 0 amide bonds. The second kappa shape index (κ2) is 10.9. The highest BCUT2D eigenvalue weighted by Crippen LogP contribution is 2.65. The Hall–Kier alpha value is -3.65. The summed E-state index contributed by atoms with van der Waals surface area (Å²) in [5.74, 6) is 3.02. The van der Waals surface area contributed by atoms with E-state index in [1.807, 2.05) is 18.2 Å². The van der Waals surface area contributed by atoms with Crippen molar-refractivity contribution in [2.75, 3.05) is 26.2 Å². The van der Waals surface area contributed by atoms with Gasteiger partial charge in [0.2, 0.25) is 0 Å². The maximum Gasteiger partial charge on any atom is 0.306 e. The highest BCUT2D eigenvalue weighted by Gasteiger charge is 2.60. The highest BCUT2D eigenvalue weighted by atomic mass is 16.4. The standard InChI is InChI=1S/C39H49N5O3/c40-36-34(16-33(41-42-36)31-3-1-2-4-35(31)45)44-12-9-24-15-32-28(23-44)20-39(32,17-24)29-7-5-25(6-8-29)26-10-13-43(14-11-26)30-21-38(22-30)18-27(19-38)37(46)47/h1-8,16,24,26-28,30,32,41-42,45H,9-15,17-23,40H2,(H,46,47)/t24?,27-,28?,30-,32?,38?,39?. The Morgan fingerprint density at radius 3 is 2.40 bits per heavy atom. The average molecular weight is 636 g/mol. The van der Waals surface area contributed by atoms with Crippen LogP contribution in [-0.4, -0.2) is 58.2 Å². The molecule has 47 heavy (non-hydrogen) atoms. The van der Waals surface area contributed by atoms with Gasteiger partial charge >= 0.3 is 5.97 Å². The number of nitrogens with two attached hydrogens (primary N) is 1. The lowest BCUT2D eigenvalue weighted by molar-refractivity contribution is -0.160. The number of rotatable bonds is 6. The summed E-state index contributed by atoms with van der Waals surface area (Å²) < 4.78 is 0. The lowest BCUT2D eigenvalue weighted by Crippen LogP contribution is -2.58. The number of allylic oxidation sites excluding steroid dienone is 1. The molecule has 2 aromatic carbocycles. The van der Waals surface area contributed by atoms with Crippen LogP contribution in [0.25, 0.3) is 5.70 Å². The number of carboxylic acids is 1.